The summed E-state index contributed by atoms with van der Waals surface area (Å²) in [5.41, 5.74) is 5.76. The van der Waals surface area contributed by atoms with Gasteiger partial charge in [-0.25, -0.2) is 20.8 Å². The second kappa shape index (κ2) is 3.51. The lowest BCUT2D eigenvalue weighted by atomic mass is 10.1. The van der Waals surface area contributed by atoms with E-state index >= 15 is 0 Å². The first-order valence-corrected chi connectivity index (χ1v) is 4.57. The van der Waals surface area contributed by atoms with Gasteiger partial charge in [-0.1, -0.05) is 11.6 Å². The zero-order valence-electron chi connectivity index (χ0n) is 6.54. The number of hydrogen-bond donors (Lipinski definition) is 3. The molecule has 7 heteroatoms. The standard InChI is InChI=1S/C6H8Cl2N4O/c7-5-4-3(9-6(8)10-5)2(1-13)11-12-4/h2-4,11-13H,1H2. The van der Waals surface area contributed by atoms with Gasteiger partial charge >= 0.3 is 0 Å². The molecule has 13 heavy (non-hydrogen) atoms. The Labute approximate surface area is 84.8 Å². The molecule has 3 atom stereocenters. The number of aliphatic hydroxyl groups excluding tert-OH is 1. The summed E-state index contributed by atoms with van der Waals surface area (Å²) in [5.74, 6) is 0. The van der Waals surface area contributed by atoms with E-state index < -0.39 is 0 Å². The fourth-order valence-electron chi connectivity index (χ4n) is 1.43. The molecule has 0 aliphatic carbocycles. The number of halogens is 2. The molecule has 0 amide bonds. The molecule has 1 saturated heterocycles. The van der Waals surface area contributed by atoms with Gasteiger partial charge in [0.1, 0.15) is 5.17 Å². The molecule has 3 N–H and O–H groups in total. The van der Waals surface area contributed by atoms with E-state index in [9.17, 15) is 0 Å². The van der Waals surface area contributed by atoms with Gasteiger partial charge in [-0.15, -0.1) is 0 Å². The van der Waals surface area contributed by atoms with E-state index in [1.165, 1.54) is 0 Å². The van der Waals surface area contributed by atoms with Crippen molar-refractivity contribution in [1.82, 2.24) is 10.9 Å². The highest BCUT2D eigenvalue weighted by atomic mass is 35.5. The molecule has 72 valence electrons. The Morgan fingerprint density at radius 1 is 1.38 bits per heavy atom. The fourth-order valence-corrected chi connectivity index (χ4v) is 1.94. The van der Waals surface area contributed by atoms with Gasteiger partial charge in [-0.3, -0.25) is 0 Å². The summed E-state index contributed by atoms with van der Waals surface area (Å²) < 4.78 is 0. The zero-order valence-corrected chi connectivity index (χ0v) is 8.05. The SMILES string of the molecule is OCC1NNC2C(Cl)=NC(Cl)=NC12. The first-order chi connectivity index (χ1) is 6.22. The Morgan fingerprint density at radius 2 is 2.15 bits per heavy atom. The van der Waals surface area contributed by atoms with Crippen molar-refractivity contribution >= 4 is 33.7 Å². The van der Waals surface area contributed by atoms with Crippen LogP contribution in [-0.4, -0.2) is 40.3 Å². The van der Waals surface area contributed by atoms with Gasteiger partial charge in [0, 0.05) is 0 Å². The van der Waals surface area contributed by atoms with Crippen LogP contribution >= 0.6 is 23.2 Å². The minimum atomic E-state index is -0.179. The molecule has 0 aromatic rings. The highest BCUT2D eigenvalue weighted by Crippen LogP contribution is 2.19. The Bertz CT molecular complexity index is 280. The van der Waals surface area contributed by atoms with Crippen LogP contribution in [0.5, 0.6) is 0 Å². The zero-order chi connectivity index (χ0) is 9.42. The third kappa shape index (κ3) is 1.58. The fraction of sp³-hybridized carbons (Fsp3) is 0.667. The lowest BCUT2D eigenvalue weighted by Gasteiger charge is -2.19. The molecule has 2 heterocycles. The molecule has 0 aromatic heterocycles. The maximum atomic E-state index is 8.98. The van der Waals surface area contributed by atoms with E-state index in [0.717, 1.165) is 0 Å². The van der Waals surface area contributed by atoms with Crippen LogP contribution < -0.4 is 10.9 Å². The third-order valence-electron chi connectivity index (χ3n) is 2.09. The summed E-state index contributed by atoms with van der Waals surface area (Å²) >= 11 is 11.5. The normalized spacial score (nSPS) is 38.2. The van der Waals surface area contributed by atoms with Gasteiger partial charge in [0.25, 0.3) is 0 Å². The first-order valence-electron chi connectivity index (χ1n) is 3.81. The molecule has 2 aliphatic rings. The number of hydrogen-bond acceptors (Lipinski definition) is 5. The summed E-state index contributed by atoms with van der Waals surface area (Å²) in [6.45, 7) is -0.0218. The van der Waals surface area contributed by atoms with Crippen LogP contribution in [0.3, 0.4) is 0 Å². The molecule has 5 nitrogen and oxygen atoms in total. The number of nitrogens with one attached hydrogen (secondary N) is 2. The minimum Gasteiger partial charge on any atom is -0.395 e. The predicted octanol–water partition coefficient (Wildman–Crippen LogP) is -0.562. The van der Waals surface area contributed by atoms with Crippen molar-refractivity contribution in [2.24, 2.45) is 9.98 Å². The topological polar surface area (TPSA) is 69.0 Å². The molecule has 0 saturated carbocycles. The molecule has 3 unspecified atom stereocenters. The van der Waals surface area contributed by atoms with Crippen LogP contribution in [0.1, 0.15) is 0 Å². The van der Waals surface area contributed by atoms with E-state index in [-0.39, 0.29) is 30.0 Å². The quantitative estimate of drug-likeness (QED) is 0.522. The smallest absolute Gasteiger partial charge is 0.219 e. The molecule has 0 radical (unpaired) electrons. The number of aliphatic hydroxyl groups is 1. The number of rotatable bonds is 1. The molecule has 1 fully saturated rings. The highest BCUT2D eigenvalue weighted by molar-refractivity contribution is 6.72. The van der Waals surface area contributed by atoms with Gasteiger partial charge in [-0.2, -0.15) is 0 Å². The van der Waals surface area contributed by atoms with Crippen LogP contribution in [-0.2, 0) is 0 Å². The van der Waals surface area contributed by atoms with Crippen molar-refractivity contribution < 1.29 is 5.11 Å². The van der Waals surface area contributed by atoms with Crippen LogP contribution in [0.4, 0.5) is 0 Å². The maximum Gasteiger partial charge on any atom is 0.219 e. The van der Waals surface area contributed by atoms with Crippen molar-refractivity contribution in [3.8, 4) is 0 Å². The summed E-state index contributed by atoms with van der Waals surface area (Å²) in [5, 5.41) is 9.48. The van der Waals surface area contributed by atoms with Crippen molar-refractivity contribution in [1.29, 1.82) is 0 Å². The van der Waals surface area contributed by atoms with Crippen molar-refractivity contribution in [2.75, 3.05) is 6.61 Å². The van der Waals surface area contributed by atoms with Crippen molar-refractivity contribution in [3.05, 3.63) is 0 Å². The van der Waals surface area contributed by atoms with Crippen LogP contribution in [0.25, 0.3) is 0 Å². The van der Waals surface area contributed by atoms with Gasteiger partial charge < -0.3 is 5.11 Å². The first kappa shape index (κ1) is 9.36. The predicted molar refractivity (Wildman–Crippen MR) is 51.3 cm³/mol. The molecule has 2 aliphatic heterocycles. The summed E-state index contributed by atoms with van der Waals surface area (Å²) in [6, 6.07) is -0.521. The molecule has 0 aromatic carbocycles. The highest BCUT2D eigenvalue weighted by Gasteiger charge is 2.40. The number of fused-ring (bicyclic) bond motifs is 1. The average molecular weight is 223 g/mol. The van der Waals surface area contributed by atoms with Gasteiger partial charge in [-0.05, 0) is 11.6 Å². The Hall–Kier alpha value is -0.200. The van der Waals surface area contributed by atoms with E-state index in [4.69, 9.17) is 28.3 Å². The number of hydrazine groups is 1. The number of amidine groups is 1. The van der Waals surface area contributed by atoms with Crippen molar-refractivity contribution in [3.63, 3.8) is 0 Å². The summed E-state index contributed by atoms with van der Waals surface area (Å²) in [4.78, 5) is 7.88. The van der Waals surface area contributed by atoms with Gasteiger partial charge in [0.05, 0.1) is 24.7 Å². The van der Waals surface area contributed by atoms with Gasteiger partial charge in [0.2, 0.25) is 5.29 Å². The molecule has 2 rings (SSSR count). The average Bonchev–Trinajstić information content (AvgIpc) is 2.47. The third-order valence-corrected chi connectivity index (χ3v) is 2.59. The second-order valence-corrected chi connectivity index (χ2v) is 3.60. The molecule has 0 spiro atoms. The number of nitrogens with zero attached hydrogens (tertiary/aromatic N) is 2. The largest absolute Gasteiger partial charge is 0.395 e. The molecular formula is C6H8Cl2N4O. The molecule has 0 bridgehead atoms. The van der Waals surface area contributed by atoms with Crippen LogP contribution in [0.2, 0.25) is 0 Å². The number of aliphatic imine (C=N–C) groups is 2. The summed E-state index contributed by atoms with van der Waals surface area (Å²) in [7, 11) is 0. The van der Waals surface area contributed by atoms with Crippen molar-refractivity contribution in [2.45, 2.75) is 18.1 Å². The Balaban J connectivity index is 2.24. The Morgan fingerprint density at radius 3 is 2.85 bits per heavy atom. The minimum absolute atomic E-state index is 0.0218. The van der Waals surface area contributed by atoms with Crippen LogP contribution in [0.15, 0.2) is 9.98 Å². The van der Waals surface area contributed by atoms with E-state index in [1.54, 1.807) is 0 Å². The molecular weight excluding hydrogens is 215 g/mol. The lowest BCUT2D eigenvalue weighted by Crippen LogP contribution is -2.40. The maximum absolute atomic E-state index is 8.98. The van der Waals surface area contributed by atoms with E-state index in [0.29, 0.717) is 5.17 Å². The van der Waals surface area contributed by atoms with Crippen LogP contribution in [0, 0.1) is 0 Å². The summed E-state index contributed by atoms with van der Waals surface area (Å²) in [6.07, 6.45) is 0. The van der Waals surface area contributed by atoms with E-state index in [2.05, 4.69) is 20.8 Å². The van der Waals surface area contributed by atoms with Gasteiger partial charge in [0.15, 0.2) is 0 Å². The second-order valence-electron chi connectivity index (χ2n) is 2.88. The monoisotopic (exact) mass is 222 g/mol. The lowest BCUT2D eigenvalue weighted by molar-refractivity contribution is 0.243. The Kier molecular flexibility index (Phi) is 2.53. The van der Waals surface area contributed by atoms with E-state index in [1.807, 2.05) is 0 Å².